The van der Waals surface area contributed by atoms with Gasteiger partial charge in [-0.3, -0.25) is 0 Å². The molecule has 0 aliphatic rings. The summed E-state index contributed by atoms with van der Waals surface area (Å²) in [6.07, 6.45) is 2.26. The summed E-state index contributed by atoms with van der Waals surface area (Å²) in [6, 6.07) is 0.319. The van der Waals surface area contributed by atoms with Crippen LogP contribution in [-0.2, 0) is 0 Å². The standard InChI is InChI=1S/C14H24N4S/c1-6-11(7-2)10(5)16-14-12(13(15)19)8(3)9(4)17-18-14/h10-11H,6-7H2,1-5H3,(H2,15,19)(H,16,18). The molecule has 0 aliphatic heterocycles. The normalized spacial score (nSPS) is 12.5. The zero-order valence-corrected chi connectivity index (χ0v) is 13.3. The number of nitrogens with two attached hydrogens (primary N) is 1. The molecule has 0 amide bonds. The number of thiocarbonyl (C=S) groups is 1. The Morgan fingerprint density at radius 2 is 1.84 bits per heavy atom. The molecule has 1 aromatic rings. The quantitative estimate of drug-likeness (QED) is 0.784. The van der Waals surface area contributed by atoms with Gasteiger partial charge in [0.15, 0.2) is 5.82 Å². The molecule has 0 fully saturated rings. The van der Waals surface area contributed by atoms with Crippen molar-refractivity contribution in [1.29, 1.82) is 0 Å². The van der Waals surface area contributed by atoms with Gasteiger partial charge in [-0.25, -0.2) is 0 Å². The second kappa shape index (κ2) is 6.80. The van der Waals surface area contributed by atoms with Gasteiger partial charge in [-0.2, -0.15) is 5.10 Å². The Morgan fingerprint density at radius 3 is 2.32 bits per heavy atom. The minimum Gasteiger partial charge on any atom is -0.389 e. The molecule has 0 saturated carbocycles. The average Bonchev–Trinajstić information content (AvgIpc) is 2.35. The topological polar surface area (TPSA) is 63.8 Å². The average molecular weight is 280 g/mol. The van der Waals surface area contributed by atoms with E-state index in [1.165, 1.54) is 0 Å². The van der Waals surface area contributed by atoms with E-state index in [0.29, 0.717) is 22.8 Å². The molecular weight excluding hydrogens is 256 g/mol. The molecule has 0 radical (unpaired) electrons. The third kappa shape index (κ3) is 3.62. The van der Waals surface area contributed by atoms with Gasteiger partial charge < -0.3 is 11.1 Å². The van der Waals surface area contributed by atoms with Crippen LogP contribution < -0.4 is 11.1 Å². The lowest BCUT2D eigenvalue weighted by molar-refractivity contribution is 0.436. The highest BCUT2D eigenvalue weighted by Gasteiger charge is 2.18. The summed E-state index contributed by atoms with van der Waals surface area (Å²) in [5.74, 6) is 1.30. The number of nitrogens with one attached hydrogen (secondary N) is 1. The SMILES string of the molecule is CCC(CC)C(C)Nc1nnc(C)c(C)c1C(N)=S. The highest BCUT2D eigenvalue weighted by atomic mass is 32.1. The largest absolute Gasteiger partial charge is 0.389 e. The predicted molar refractivity (Wildman–Crippen MR) is 84.6 cm³/mol. The van der Waals surface area contributed by atoms with E-state index in [2.05, 4.69) is 36.3 Å². The molecule has 0 spiro atoms. The van der Waals surface area contributed by atoms with Gasteiger partial charge >= 0.3 is 0 Å². The number of hydrogen-bond donors (Lipinski definition) is 2. The summed E-state index contributed by atoms with van der Waals surface area (Å²) in [6.45, 7) is 10.5. The number of anilines is 1. The van der Waals surface area contributed by atoms with E-state index < -0.39 is 0 Å². The van der Waals surface area contributed by atoms with Gasteiger partial charge in [0.2, 0.25) is 0 Å². The molecule has 5 heteroatoms. The van der Waals surface area contributed by atoms with Crippen molar-refractivity contribution < 1.29 is 0 Å². The first-order valence-electron chi connectivity index (χ1n) is 6.82. The van der Waals surface area contributed by atoms with Crippen LogP contribution in [0.3, 0.4) is 0 Å². The third-order valence-electron chi connectivity index (χ3n) is 3.82. The zero-order valence-electron chi connectivity index (χ0n) is 12.4. The maximum absolute atomic E-state index is 5.82. The Hall–Kier alpha value is -1.23. The van der Waals surface area contributed by atoms with Crippen LogP contribution in [0.1, 0.15) is 50.4 Å². The van der Waals surface area contributed by atoms with E-state index in [1.807, 2.05) is 13.8 Å². The van der Waals surface area contributed by atoms with Crippen molar-refractivity contribution >= 4 is 23.0 Å². The first kappa shape index (κ1) is 15.8. The summed E-state index contributed by atoms with van der Waals surface area (Å²) in [5, 5.41) is 11.8. The fraction of sp³-hybridized carbons (Fsp3) is 0.643. The van der Waals surface area contributed by atoms with Crippen molar-refractivity contribution in [3.63, 3.8) is 0 Å². The summed E-state index contributed by atoms with van der Waals surface area (Å²) in [5.41, 5.74) is 8.51. The van der Waals surface area contributed by atoms with Crippen LogP contribution in [0, 0.1) is 19.8 Å². The molecule has 0 aromatic carbocycles. The van der Waals surface area contributed by atoms with Crippen LogP contribution in [-0.4, -0.2) is 21.2 Å². The van der Waals surface area contributed by atoms with Crippen LogP contribution in [0.25, 0.3) is 0 Å². The molecule has 1 unspecified atom stereocenters. The second-order valence-corrected chi connectivity index (χ2v) is 5.45. The van der Waals surface area contributed by atoms with E-state index in [4.69, 9.17) is 18.0 Å². The van der Waals surface area contributed by atoms with Gasteiger partial charge in [-0.05, 0) is 32.3 Å². The van der Waals surface area contributed by atoms with Gasteiger partial charge in [0.1, 0.15) is 4.99 Å². The highest BCUT2D eigenvalue weighted by molar-refractivity contribution is 7.80. The summed E-state index contributed by atoms with van der Waals surface area (Å²) in [4.78, 5) is 0.370. The first-order chi connectivity index (χ1) is 8.92. The fourth-order valence-corrected chi connectivity index (χ4v) is 2.59. The van der Waals surface area contributed by atoms with Gasteiger partial charge in [0.05, 0.1) is 11.3 Å². The van der Waals surface area contributed by atoms with E-state index >= 15 is 0 Å². The number of nitrogens with zero attached hydrogens (tertiary/aromatic N) is 2. The van der Waals surface area contributed by atoms with E-state index in [1.54, 1.807) is 0 Å². The van der Waals surface area contributed by atoms with Gasteiger partial charge in [0, 0.05) is 6.04 Å². The third-order valence-corrected chi connectivity index (χ3v) is 4.03. The Labute approximate surface area is 121 Å². The molecule has 1 aromatic heterocycles. The summed E-state index contributed by atoms with van der Waals surface area (Å²) < 4.78 is 0. The van der Waals surface area contributed by atoms with Crippen molar-refractivity contribution in [2.24, 2.45) is 11.7 Å². The van der Waals surface area contributed by atoms with Crippen LogP contribution >= 0.6 is 12.2 Å². The smallest absolute Gasteiger partial charge is 0.159 e. The Bertz CT molecular complexity index is 455. The first-order valence-corrected chi connectivity index (χ1v) is 7.23. The lowest BCUT2D eigenvalue weighted by Crippen LogP contribution is -2.28. The van der Waals surface area contributed by atoms with Crippen LogP contribution in [0.15, 0.2) is 0 Å². The Morgan fingerprint density at radius 1 is 1.26 bits per heavy atom. The molecule has 3 N–H and O–H groups in total. The fourth-order valence-electron chi connectivity index (χ4n) is 2.34. The molecule has 106 valence electrons. The maximum Gasteiger partial charge on any atom is 0.159 e. The molecule has 1 heterocycles. The molecule has 0 aliphatic carbocycles. The van der Waals surface area contributed by atoms with Crippen molar-refractivity contribution in [3.8, 4) is 0 Å². The Kier molecular flexibility index (Phi) is 5.66. The molecule has 0 bridgehead atoms. The molecule has 0 saturated heterocycles. The lowest BCUT2D eigenvalue weighted by Gasteiger charge is -2.24. The van der Waals surface area contributed by atoms with Crippen molar-refractivity contribution in [3.05, 3.63) is 16.8 Å². The van der Waals surface area contributed by atoms with Crippen molar-refractivity contribution in [1.82, 2.24) is 10.2 Å². The number of rotatable bonds is 6. The minimum absolute atomic E-state index is 0.319. The zero-order chi connectivity index (χ0) is 14.6. The van der Waals surface area contributed by atoms with E-state index in [0.717, 1.165) is 29.7 Å². The van der Waals surface area contributed by atoms with Gasteiger partial charge in [0.25, 0.3) is 0 Å². The summed E-state index contributed by atoms with van der Waals surface area (Å²) >= 11 is 5.14. The predicted octanol–water partition coefficient (Wildman–Crippen LogP) is 2.96. The molecule has 19 heavy (non-hydrogen) atoms. The van der Waals surface area contributed by atoms with Crippen molar-refractivity contribution in [2.45, 2.75) is 53.5 Å². The minimum atomic E-state index is 0.319. The number of aromatic nitrogens is 2. The molecular formula is C14H24N4S. The van der Waals surface area contributed by atoms with Gasteiger partial charge in [-0.15, -0.1) is 5.10 Å². The number of hydrogen-bond acceptors (Lipinski definition) is 4. The lowest BCUT2D eigenvalue weighted by atomic mass is 9.95. The van der Waals surface area contributed by atoms with E-state index in [-0.39, 0.29) is 0 Å². The Balaban J connectivity index is 3.08. The van der Waals surface area contributed by atoms with Crippen molar-refractivity contribution in [2.75, 3.05) is 5.32 Å². The summed E-state index contributed by atoms with van der Waals surface area (Å²) in [7, 11) is 0. The molecule has 4 nitrogen and oxygen atoms in total. The molecule has 1 rings (SSSR count). The van der Waals surface area contributed by atoms with Crippen LogP contribution in [0.5, 0.6) is 0 Å². The van der Waals surface area contributed by atoms with Crippen LogP contribution in [0.4, 0.5) is 5.82 Å². The number of aryl methyl sites for hydroxylation is 1. The van der Waals surface area contributed by atoms with Gasteiger partial charge in [-0.1, -0.05) is 38.9 Å². The van der Waals surface area contributed by atoms with Crippen LogP contribution in [0.2, 0.25) is 0 Å². The monoisotopic (exact) mass is 280 g/mol. The van der Waals surface area contributed by atoms with E-state index in [9.17, 15) is 0 Å². The maximum atomic E-state index is 5.82. The second-order valence-electron chi connectivity index (χ2n) is 5.01. The molecule has 1 atom stereocenters. The highest BCUT2D eigenvalue weighted by Crippen LogP contribution is 2.22.